The topological polar surface area (TPSA) is 30.5 Å². The van der Waals surface area contributed by atoms with Crippen LogP contribution in [-0.4, -0.2) is 20.8 Å². The molecule has 0 aliphatic carbocycles. The number of ether oxygens (including phenoxy) is 2. The fourth-order valence-electron chi connectivity index (χ4n) is 2.19. The molecule has 4 heteroatoms. The first-order valence-corrected chi connectivity index (χ1v) is 7.60. The number of nitrogens with one attached hydrogen (secondary N) is 1. The van der Waals surface area contributed by atoms with Crippen molar-refractivity contribution in [1.82, 2.24) is 5.32 Å². The van der Waals surface area contributed by atoms with E-state index in [4.69, 9.17) is 21.1 Å². The summed E-state index contributed by atoms with van der Waals surface area (Å²) in [7, 11) is 3.21. The molecule has 0 saturated heterocycles. The van der Waals surface area contributed by atoms with Crippen LogP contribution in [0, 0.1) is 11.8 Å². The summed E-state index contributed by atoms with van der Waals surface area (Å²) in [5.41, 5.74) is 1.10. The molecule has 21 heavy (non-hydrogen) atoms. The van der Waals surface area contributed by atoms with Crippen LogP contribution < -0.4 is 14.8 Å². The van der Waals surface area contributed by atoms with Crippen LogP contribution >= 0.6 is 11.6 Å². The Balaban J connectivity index is 3.03. The van der Waals surface area contributed by atoms with Gasteiger partial charge in [-0.05, 0) is 44.0 Å². The molecular formula is C17H24ClNO2. The van der Waals surface area contributed by atoms with Gasteiger partial charge in [-0.2, -0.15) is 0 Å². The van der Waals surface area contributed by atoms with Crippen molar-refractivity contribution in [1.29, 1.82) is 0 Å². The van der Waals surface area contributed by atoms with Crippen molar-refractivity contribution >= 4 is 11.6 Å². The highest BCUT2D eigenvalue weighted by molar-refractivity contribution is 6.32. The number of benzene rings is 1. The lowest BCUT2D eigenvalue weighted by Gasteiger charge is -2.20. The van der Waals surface area contributed by atoms with Gasteiger partial charge in [0, 0.05) is 12.5 Å². The van der Waals surface area contributed by atoms with Gasteiger partial charge in [-0.1, -0.05) is 18.5 Å². The molecule has 0 aromatic heterocycles. The second-order valence-electron chi connectivity index (χ2n) is 4.71. The fraction of sp³-hybridized carbons (Fsp3) is 0.529. The number of hydrogen-bond acceptors (Lipinski definition) is 3. The molecule has 3 nitrogen and oxygen atoms in total. The van der Waals surface area contributed by atoms with Crippen molar-refractivity contribution in [3.8, 4) is 23.3 Å². The zero-order valence-corrected chi connectivity index (χ0v) is 14.0. The lowest BCUT2D eigenvalue weighted by Crippen LogP contribution is -2.22. The van der Waals surface area contributed by atoms with Crippen molar-refractivity contribution in [3.05, 3.63) is 22.7 Å². The average Bonchev–Trinajstić information content (AvgIpc) is 2.49. The summed E-state index contributed by atoms with van der Waals surface area (Å²) in [6, 6.07) is 4.13. The van der Waals surface area contributed by atoms with Gasteiger partial charge >= 0.3 is 0 Å². The highest BCUT2D eigenvalue weighted by atomic mass is 35.5. The molecular weight excluding hydrogens is 286 g/mol. The first kappa shape index (κ1) is 17.7. The molecule has 0 aliphatic heterocycles. The summed E-state index contributed by atoms with van der Waals surface area (Å²) in [5, 5.41) is 4.10. The third-order valence-corrected chi connectivity index (χ3v) is 3.51. The van der Waals surface area contributed by atoms with E-state index < -0.39 is 0 Å². The maximum absolute atomic E-state index is 6.29. The first-order valence-electron chi connectivity index (χ1n) is 7.22. The maximum Gasteiger partial charge on any atom is 0.179 e. The molecule has 1 unspecified atom stereocenters. The minimum absolute atomic E-state index is 0.211. The van der Waals surface area contributed by atoms with E-state index >= 15 is 0 Å². The van der Waals surface area contributed by atoms with E-state index in [0.29, 0.717) is 16.5 Å². The van der Waals surface area contributed by atoms with Crippen molar-refractivity contribution in [2.45, 2.75) is 39.2 Å². The van der Waals surface area contributed by atoms with E-state index in [9.17, 15) is 0 Å². The van der Waals surface area contributed by atoms with Crippen molar-refractivity contribution in [2.75, 3.05) is 20.8 Å². The van der Waals surface area contributed by atoms with E-state index in [-0.39, 0.29) is 6.04 Å². The van der Waals surface area contributed by atoms with E-state index in [1.165, 1.54) is 0 Å². The predicted molar refractivity (Wildman–Crippen MR) is 88.3 cm³/mol. The van der Waals surface area contributed by atoms with Gasteiger partial charge in [-0.15, -0.1) is 11.8 Å². The third kappa shape index (κ3) is 5.15. The second-order valence-corrected chi connectivity index (χ2v) is 5.12. The van der Waals surface area contributed by atoms with Crippen molar-refractivity contribution in [2.24, 2.45) is 0 Å². The second kappa shape index (κ2) is 9.55. The Bertz CT molecular complexity index is 505. The Kier molecular flexibility index (Phi) is 8.04. The zero-order valence-electron chi connectivity index (χ0n) is 13.3. The Morgan fingerprint density at radius 3 is 2.62 bits per heavy atom. The predicted octanol–water partition coefficient (Wildman–Crippen LogP) is 4.20. The smallest absolute Gasteiger partial charge is 0.179 e. The minimum atomic E-state index is 0.211. The molecule has 1 rings (SSSR count). The van der Waals surface area contributed by atoms with Crippen LogP contribution in [0.4, 0.5) is 0 Å². The number of hydrogen-bond donors (Lipinski definition) is 1. The van der Waals surface area contributed by atoms with Crippen LogP contribution in [0.5, 0.6) is 11.5 Å². The normalized spacial score (nSPS) is 11.5. The molecule has 1 atom stereocenters. The Morgan fingerprint density at radius 2 is 2.05 bits per heavy atom. The van der Waals surface area contributed by atoms with Crippen molar-refractivity contribution in [3.63, 3.8) is 0 Å². The molecule has 116 valence electrons. The highest BCUT2D eigenvalue weighted by Gasteiger charge is 2.16. The number of halogens is 1. The molecule has 0 radical (unpaired) electrons. The number of methoxy groups -OCH3 is 2. The summed E-state index contributed by atoms with van der Waals surface area (Å²) >= 11 is 6.29. The summed E-state index contributed by atoms with van der Waals surface area (Å²) in [6.45, 7) is 4.97. The molecule has 1 N–H and O–H groups in total. The van der Waals surface area contributed by atoms with Gasteiger partial charge < -0.3 is 14.8 Å². The molecule has 1 aromatic carbocycles. The van der Waals surface area contributed by atoms with Crippen LogP contribution in [0.25, 0.3) is 0 Å². The Morgan fingerprint density at radius 1 is 1.29 bits per heavy atom. The molecule has 0 spiro atoms. The number of rotatable bonds is 8. The summed E-state index contributed by atoms with van der Waals surface area (Å²) in [6.07, 6.45) is 2.87. The van der Waals surface area contributed by atoms with Gasteiger partial charge in [-0.3, -0.25) is 0 Å². The first-order chi connectivity index (χ1) is 10.2. The summed E-state index contributed by atoms with van der Waals surface area (Å²) in [5.74, 6) is 7.28. The van der Waals surface area contributed by atoms with Gasteiger partial charge in [0.05, 0.1) is 19.2 Å². The molecule has 0 saturated carbocycles. The molecule has 0 bridgehead atoms. The average molecular weight is 310 g/mol. The molecule has 0 heterocycles. The maximum atomic E-state index is 6.29. The lowest BCUT2D eigenvalue weighted by atomic mass is 10.0. The van der Waals surface area contributed by atoms with Gasteiger partial charge in [0.1, 0.15) is 0 Å². The van der Waals surface area contributed by atoms with E-state index in [2.05, 4.69) is 24.1 Å². The van der Waals surface area contributed by atoms with Gasteiger partial charge in [0.25, 0.3) is 0 Å². The van der Waals surface area contributed by atoms with E-state index in [0.717, 1.165) is 31.4 Å². The van der Waals surface area contributed by atoms with E-state index in [1.54, 1.807) is 14.2 Å². The van der Waals surface area contributed by atoms with Crippen LogP contribution in [0.15, 0.2) is 12.1 Å². The zero-order chi connectivity index (χ0) is 15.7. The monoisotopic (exact) mass is 309 g/mol. The summed E-state index contributed by atoms with van der Waals surface area (Å²) in [4.78, 5) is 0. The Hall–Kier alpha value is -1.37. The largest absolute Gasteiger partial charge is 0.493 e. The standard InChI is InChI=1S/C17H24ClNO2/c1-5-7-8-9-15(19-10-6-2)13-11-14(18)17(21-4)16(12-13)20-3/h11-12,15,19H,6,8-10H2,1-4H3. The Labute approximate surface area is 133 Å². The SMILES string of the molecule is CC#CCCC(NCCC)c1cc(Cl)c(OC)c(OC)c1. The fourth-order valence-corrected chi connectivity index (χ4v) is 2.48. The van der Waals surface area contributed by atoms with Crippen LogP contribution in [0.3, 0.4) is 0 Å². The van der Waals surface area contributed by atoms with Gasteiger partial charge in [0.15, 0.2) is 11.5 Å². The van der Waals surface area contributed by atoms with E-state index in [1.807, 2.05) is 19.1 Å². The van der Waals surface area contributed by atoms with Gasteiger partial charge in [0.2, 0.25) is 0 Å². The summed E-state index contributed by atoms with van der Waals surface area (Å²) < 4.78 is 10.7. The third-order valence-electron chi connectivity index (χ3n) is 3.23. The lowest BCUT2D eigenvalue weighted by molar-refractivity contribution is 0.353. The quantitative estimate of drug-likeness (QED) is 0.730. The molecule has 1 aromatic rings. The van der Waals surface area contributed by atoms with Crippen LogP contribution in [-0.2, 0) is 0 Å². The van der Waals surface area contributed by atoms with Crippen LogP contribution in [0.2, 0.25) is 5.02 Å². The molecule has 0 amide bonds. The van der Waals surface area contributed by atoms with Crippen molar-refractivity contribution < 1.29 is 9.47 Å². The molecule has 0 aliphatic rings. The highest BCUT2D eigenvalue weighted by Crippen LogP contribution is 2.38. The van der Waals surface area contributed by atoms with Crippen LogP contribution in [0.1, 0.15) is 44.7 Å². The minimum Gasteiger partial charge on any atom is -0.493 e. The molecule has 0 fully saturated rings. The van der Waals surface area contributed by atoms with Gasteiger partial charge in [-0.25, -0.2) is 0 Å².